The predicted octanol–water partition coefficient (Wildman–Crippen LogP) is 11.1. The van der Waals surface area contributed by atoms with Crippen LogP contribution < -0.4 is 0 Å². The lowest BCUT2D eigenvalue weighted by Gasteiger charge is -2.12. The van der Waals surface area contributed by atoms with Gasteiger partial charge in [0.25, 0.3) is 0 Å². The minimum atomic E-state index is 1.23. The molecule has 0 spiro atoms. The summed E-state index contributed by atoms with van der Waals surface area (Å²) in [6.45, 7) is 4.36. The molecule has 190 valence electrons. The highest BCUT2D eigenvalue weighted by Crippen LogP contribution is 2.39. The molecular formula is C38H27NS. The van der Waals surface area contributed by atoms with Crippen molar-refractivity contribution in [2.75, 3.05) is 0 Å². The van der Waals surface area contributed by atoms with Crippen LogP contribution in [0.25, 0.3) is 69.9 Å². The van der Waals surface area contributed by atoms with E-state index in [4.69, 9.17) is 0 Å². The van der Waals surface area contributed by atoms with Crippen molar-refractivity contribution in [1.29, 1.82) is 0 Å². The lowest BCUT2D eigenvalue weighted by molar-refractivity contribution is 1.15. The molecule has 0 fully saturated rings. The quantitative estimate of drug-likeness (QED) is 0.214. The topological polar surface area (TPSA) is 4.93 Å². The van der Waals surface area contributed by atoms with E-state index < -0.39 is 0 Å². The first-order valence-corrected chi connectivity index (χ1v) is 14.6. The monoisotopic (exact) mass is 529 g/mol. The minimum absolute atomic E-state index is 1.23. The summed E-state index contributed by atoms with van der Waals surface area (Å²) in [6.07, 6.45) is 0. The van der Waals surface area contributed by atoms with Crippen LogP contribution in [0.2, 0.25) is 0 Å². The summed E-state index contributed by atoms with van der Waals surface area (Å²) in [4.78, 5) is 0. The Labute approximate surface area is 237 Å². The summed E-state index contributed by atoms with van der Waals surface area (Å²) in [6, 6.07) is 47.0. The summed E-state index contributed by atoms with van der Waals surface area (Å²) < 4.78 is 5.11. The first-order chi connectivity index (χ1) is 19.6. The number of para-hydroxylation sites is 2. The highest BCUT2D eigenvalue weighted by molar-refractivity contribution is 7.25. The van der Waals surface area contributed by atoms with Crippen molar-refractivity contribution >= 4 is 53.3 Å². The first kappa shape index (κ1) is 23.2. The van der Waals surface area contributed by atoms with Gasteiger partial charge in [-0.2, -0.15) is 0 Å². The van der Waals surface area contributed by atoms with Crippen LogP contribution in [-0.4, -0.2) is 4.57 Å². The Hall–Kier alpha value is -4.66. The molecule has 0 saturated heterocycles. The van der Waals surface area contributed by atoms with Crippen LogP contribution in [0.1, 0.15) is 11.1 Å². The maximum Gasteiger partial charge on any atom is 0.0547 e. The van der Waals surface area contributed by atoms with Gasteiger partial charge in [-0.1, -0.05) is 84.4 Å². The summed E-state index contributed by atoms with van der Waals surface area (Å²) >= 11 is 1.88. The SMILES string of the molecule is Cc1ccc2sc3ccc(-c4cccc(-c5ccc6c7ccccc7n(-c7ccccc7C)c6c5)c4)cc3c2c1. The second-order valence-corrected chi connectivity index (χ2v) is 11.8. The van der Waals surface area contributed by atoms with Gasteiger partial charge in [-0.05, 0) is 90.2 Å². The number of aromatic nitrogens is 1. The van der Waals surface area contributed by atoms with E-state index in [-0.39, 0.29) is 0 Å². The van der Waals surface area contributed by atoms with E-state index in [2.05, 4.69) is 146 Å². The molecule has 0 amide bonds. The maximum atomic E-state index is 2.42. The molecule has 0 aliphatic rings. The van der Waals surface area contributed by atoms with E-state index in [1.165, 1.54) is 81.0 Å². The van der Waals surface area contributed by atoms with E-state index in [0.29, 0.717) is 0 Å². The third kappa shape index (κ3) is 3.61. The Bertz CT molecular complexity index is 2240. The Morgan fingerprint density at radius 3 is 1.95 bits per heavy atom. The van der Waals surface area contributed by atoms with Crippen LogP contribution in [-0.2, 0) is 0 Å². The van der Waals surface area contributed by atoms with Gasteiger partial charge in [-0.3, -0.25) is 0 Å². The van der Waals surface area contributed by atoms with Crippen molar-refractivity contribution in [2.45, 2.75) is 13.8 Å². The van der Waals surface area contributed by atoms with Crippen LogP contribution >= 0.6 is 11.3 Å². The molecule has 0 atom stereocenters. The summed E-state index contributed by atoms with van der Waals surface area (Å²) in [7, 11) is 0. The van der Waals surface area contributed by atoms with Gasteiger partial charge in [0.15, 0.2) is 0 Å². The van der Waals surface area contributed by atoms with Crippen LogP contribution in [0.5, 0.6) is 0 Å². The molecular weight excluding hydrogens is 502 g/mol. The molecule has 2 heteroatoms. The zero-order valence-electron chi connectivity index (χ0n) is 22.5. The summed E-state index contributed by atoms with van der Waals surface area (Å²) in [5.74, 6) is 0. The average molecular weight is 530 g/mol. The van der Waals surface area contributed by atoms with E-state index in [1.807, 2.05) is 11.3 Å². The van der Waals surface area contributed by atoms with Crippen LogP contribution in [0.3, 0.4) is 0 Å². The normalized spacial score (nSPS) is 11.8. The van der Waals surface area contributed by atoms with Gasteiger partial charge in [0, 0.05) is 36.6 Å². The van der Waals surface area contributed by atoms with E-state index in [9.17, 15) is 0 Å². The standard InChI is InChI=1S/C38H27NS/c1-24-14-18-37-32(20-24)33-22-28(16-19-38(33)40-37)26-9-7-10-27(21-26)29-15-17-31-30-11-4-6-13-35(30)39(36(31)23-29)34-12-5-3-8-25(34)2/h3-23H,1-2H3. The Balaban J connectivity index is 1.29. The fourth-order valence-electron chi connectivity index (χ4n) is 6.17. The second kappa shape index (κ2) is 8.94. The Kier molecular flexibility index (Phi) is 5.20. The lowest BCUT2D eigenvalue weighted by Crippen LogP contribution is -1.96. The smallest absolute Gasteiger partial charge is 0.0547 e. The number of aryl methyl sites for hydroxylation is 2. The van der Waals surface area contributed by atoms with Gasteiger partial charge in [-0.15, -0.1) is 11.3 Å². The van der Waals surface area contributed by atoms with E-state index >= 15 is 0 Å². The summed E-state index contributed by atoms with van der Waals surface area (Å²) in [5, 5.41) is 5.26. The molecule has 0 radical (unpaired) electrons. The second-order valence-electron chi connectivity index (χ2n) is 10.8. The van der Waals surface area contributed by atoms with Gasteiger partial charge < -0.3 is 4.57 Å². The van der Waals surface area contributed by atoms with Gasteiger partial charge >= 0.3 is 0 Å². The fourth-order valence-corrected chi connectivity index (χ4v) is 7.24. The number of hydrogen-bond donors (Lipinski definition) is 0. The lowest BCUT2D eigenvalue weighted by atomic mass is 9.97. The van der Waals surface area contributed by atoms with E-state index in [0.717, 1.165) is 0 Å². The molecule has 40 heavy (non-hydrogen) atoms. The Morgan fingerprint density at radius 1 is 0.450 bits per heavy atom. The molecule has 1 nitrogen and oxygen atoms in total. The van der Waals surface area contributed by atoms with Crippen molar-refractivity contribution in [3.8, 4) is 27.9 Å². The molecule has 0 bridgehead atoms. The number of thiophene rings is 1. The van der Waals surface area contributed by atoms with Crippen molar-refractivity contribution in [3.63, 3.8) is 0 Å². The van der Waals surface area contributed by atoms with E-state index in [1.54, 1.807) is 0 Å². The fraction of sp³-hybridized carbons (Fsp3) is 0.0526. The highest BCUT2D eigenvalue weighted by atomic mass is 32.1. The first-order valence-electron chi connectivity index (χ1n) is 13.8. The number of hydrogen-bond acceptors (Lipinski definition) is 1. The Morgan fingerprint density at radius 2 is 1.10 bits per heavy atom. The molecule has 0 unspecified atom stereocenters. The minimum Gasteiger partial charge on any atom is -0.309 e. The highest BCUT2D eigenvalue weighted by Gasteiger charge is 2.15. The molecule has 0 aliphatic heterocycles. The van der Waals surface area contributed by atoms with Crippen molar-refractivity contribution in [3.05, 3.63) is 139 Å². The van der Waals surface area contributed by atoms with Gasteiger partial charge in [0.1, 0.15) is 0 Å². The number of benzene rings is 6. The largest absolute Gasteiger partial charge is 0.309 e. The number of nitrogens with zero attached hydrogens (tertiary/aromatic N) is 1. The molecule has 0 saturated carbocycles. The molecule has 2 aromatic heterocycles. The van der Waals surface area contributed by atoms with Crippen LogP contribution in [0.15, 0.2) is 127 Å². The molecule has 8 rings (SSSR count). The van der Waals surface area contributed by atoms with Crippen molar-refractivity contribution in [2.24, 2.45) is 0 Å². The van der Waals surface area contributed by atoms with Gasteiger partial charge in [-0.25, -0.2) is 0 Å². The molecule has 8 aromatic rings. The number of rotatable bonds is 3. The third-order valence-corrected chi connectivity index (χ3v) is 9.34. The predicted molar refractivity (Wildman–Crippen MR) is 174 cm³/mol. The third-order valence-electron chi connectivity index (χ3n) is 8.18. The zero-order chi connectivity index (χ0) is 26.8. The molecule has 2 heterocycles. The van der Waals surface area contributed by atoms with Crippen molar-refractivity contribution in [1.82, 2.24) is 4.57 Å². The van der Waals surface area contributed by atoms with Gasteiger partial charge in [0.05, 0.1) is 11.0 Å². The van der Waals surface area contributed by atoms with Crippen molar-refractivity contribution < 1.29 is 0 Å². The van der Waals surface area contributed by atoms with Gasteiger partial charge in [0.2, 0.25) is 0 Å². The van der Waals surface area contributed by atoms with Crippen LogP contribution in [0.4, 0.5) is 0 Å². The maximum absolute atomic E-state index is 2.42. The number of fused-ring (bicyclic) bond motifs is 6. The average Bonchev–Trinajstić information content (AvgIpc) is 3.52. The van der Waals surface area contributed by atoms with Crippen LogP contribution in [0, 0.1) is 13.8 Å². The molecule has 0 aliphatic carbocycles. The zero-order valence-corrected chi connectivity index (χ0v) is 23.3. The molecule has 6 aromatic carbocycles. The molecule has 0 N–H and O–H groups in total. The summed E-state index contributed by atoms with van der Waals surface area (Å²) in [5.41, 5.74) is 11.2.